The van der Waals surface area contributed by atoms with Crippen molar-refractivity contribution in [1.82, 2.24) is 0 Å². The minimum atomic E-state index is -3.48. The average molecular weight is 354 g/mol. The lowest BCUT2D eigenvalue weighted by molar-refractivity contribution is 0.175. The zero-order chi connectivity index (χ0) is 17.4. The number of hydrogen-bond acceptors (Lipinski definition) is 3. The maximum Gasteiger partial charge on any atom is 0.203 e. The topological polar surface area (TPSA) is 54.4 Å². The van der Waals surface area contributed by atoms with Gasteiger partial charge in [-0.15, -0.1) is 0 Å². The van der Waals surface area contributed by atoms with Crippen LogP contribution in [0.4, 0.5) is 0 Å². The first-order valence-corrected chi connectivity index (χ1v) is 10.3. The predicted molar refractivity (Wildman–Crippen MR) is 97.5 cm³/mol. The minimum Gasteiger partial charge on any atom is -0.388 e. The van der Waals surface area contributed by atoms with E-state index in [4.69, 9.17) is 0 Å². The Labute approximate surface area is 148 Å². The fourth-order valence-corrected chi connectivity index (χ4v) is 6.40. The van der Waals surface area contributed by atoms with Crippen LogP contribution in [0.5, 0.6) is 0 Å². The number of rotatable bonds is 5. The quantitative estimate of drug-likeness (QED) is 0.872. The summed E-state index contributed by atoms with van der Waals surface area (Å²) < 4.78 is 26.4. The molecule has 0 amide bonds. The van der Waals surface area contributed by atoms with E-state index in [0.717, 1.165) is 30.4 Å². The Morgan fingerprint density at radius 1 is 0.920 bits per heavy atom. The lowest BCUT2D eigenvalue weighted by Gasteiger charge is -2.22. The van der Waals surface area contributed by atoms with Gasteiger partial charge < -0.3 is 5.11 Å². The van der Waals surface area contributed by atoms with Crippen molar-refractivity contribution in [2.45, 2.75) is 36.7 Å². The van der Waals surface area contributed by atoms with Crippen LogP contribution < -0.4 is 0 Å². The van der Waals surface area contributed by atoms with Gasteiger partial charge in [0.15, 0.2) is 0 Å². The summed E-state index contributed by atoms with van der Waals surface area (Å²) >= 11 is 0. The van der Waals surface area contributed by atoms with Gasteiger partial charge in [-0.2, -0.15) is 0 Å². The van der Waals surface area contributed by atoms with Crippen LogP contribution in [-0.2, 0) is 9.84 Å². The first-order valence-electron chi connectivity index (χ1n) is 8.83. The molecule has 0 heterocycles. The number of hydrogen-bond donors (Lipinski definition) is 1. The van der Waals surface area contributed by atoms with Gasteiger partial charge in [-0.25, -0.2) is 8.42 Å². The van der Waals surface area contributed by atoms with Crippen molar-refractivity contribution in [1.29, 1.82) is 0 Å². The molecule has 1 unspecified atom stereocenters. The molecule has 0 radical (unpaired) electrons. The van der Waals surface area contributed by atoms with Gasteiger partial charge in [0, 0.05) is 6.42 Å². The number of sulfone groups is 1. The summed E-state index contributed by atoms with van der Waals surface area (Å²) in [6.07, 6.45) is 2.65. The Bertz CT molecular complexity index is 885. The van der Waals surface area contributed by atoms with Crippen molar-refractivity contribution in [2.75, 3.05) is 0 Å². The molecule has 0 spiro atoms. The van der Waals surface area contributed by atoms with Crippen molar-refractivity contribution in [2.24, 2.45) is 11.8 Å². The van der Waals surface area contributed by atoms with Crippen LogP contribution in [0.3, 0.4) is 0 Å². The third-order valence-electron chi connectivity index (χ3n) is 5.55. The molecule has 2 bridgehead atoms. The second-order valence-corrected chi connectivity index (χ2v) is 8.96. The van der Waals surface area contributed by atoms with E-state index in [2.05, 4.69) is 0 Å². The molecule has 130 valence electrons. The Balaban J connectivity index is 1.73. The van der Waals surface area contributed by atoms with Crippen LogP contribution in [0.2, 0.25) is 0 Å². The second-order valence-electron chi connectivity index (χ2n) is 7.04. The highest BCUT2D eigenvalue weighted by molar-refractivity contribution is 7.95. The van der Waals surface area contributed by atoms with Crippen molar-refractivity contribution >= 4 is 9.84 Å². The van der Waals surface area contributed by atoms with Crippen LogP contribution in [0, 0.1) is 11.8 Å². The van der Waals surface area contributed by atoms with Gasteiger partial charge in [0.1, 0.15) is 0 Å². The van der Waals surface area contributed by atoms with E-state index in [-0.39, 0.29) is 5.92 Å². The average Bonchev–Trinajstić information content (AvgIpc) is 3.25. The van der Waals surface area contributed by atoms with Gasteiger partial charge in [-0.3, -0.25) is 0 Å². The monoisotopic (exact) mass is 354 g/mol. The highest BCUT2D eigenvalue weighted by Gasteiger charge is 2.45. The number of fused-ring (bicyclic) bond motifs is 2. The summed E-state index contributed by atoms with van der Waals surface area (Å²) in [6.45, 7) is 0. The maximum atomic E-state index is 13.2. The molecule has 2 aromatic carbocycles. The first-order chi connectivity index (χ1) is 12.1. The molecule has 4 heteroatoms. The SMILES string of the molecule is O=S(=O)(C1=C(CC(O)c2ccccc2)[C@H]2CC[C@@H]1C2)c1ccccc1. The standard InChI is InChI=1S/C21H22O3S/c22-20(15-7-3-1-4-8-15)14-19-16-11-12-17(13-16)21(19)25(23,24)18-9-5-2-6-10-18/h1-10,16-17,20,22H,11-14H2/t16-,17+,20?/m0/s1. The molecule has 1 saturated carbocycles. The van der Waals surface area contributed by atoms with E-state index in [1.807, 2.05) is 36.4 Å². The van der Waals surface area contributed by atoms with E-state index >= 15 is 0 Å². The lowest BCUT2D eigenvalue weighted by Crippen LogP contribution is -2.15. The molecule has 3 atom stereocenters. The third kappa shape index (κ3) is 2.94. The van der Waals surface area contributed by atoms with Crippen molar-refractivity contribution < 1.29 is 13.5 Å². The van der Waals surface area contributed by atoms with E-state index in [0.29, 0.717) is 22.1 Å². The lowest BCUT2D eigenvalue weighted by atomic mass is 9.91. The zero-order valence-corrected chi connectivity index (χ0v) is 14.8. The molecule has 0 saturated heterocycles. The van der Waals surface area contributed by atoms with Gasteiger partial charge >= 0.3 is 0 Å². The van der Waals surface area contributed by atoms with E-state index in [1.54, 1.807) is 24.3 Å². The fraction of sp³-hybridized carbons (Fsp3) is 0.333. The van der Waals surface area contributed by atoms with Crippen molar-refractivity contribution in [3.8, 4) is 0 Å². The van der Waals surface area contributed by atoms with Gasteiger partial charge in [0.2, 0.25) is 9.84 Å². The van der Waals surface area contributed by atoms with E-state index < -0.39 is 15.9 Å². The van der Waals surface area contributed by atoms with Gasteiger partial charge in [0.05, 0.1) is 15.9 Å². The van der Waals surface area contributed by atoms with Gasteiger partial charge in [-0.1, -0.05) is 48.5 Å². The molecular weight excluding hydrogens is 332 g/mol. The summed E-state index contributed by atoms with van der Waals surface area (Å²) in [4.78, 5) is 0.953. The fourth-order valence-electron chi connectivity index (χ4n) is 4.39. The highest BCUT2D eigenvalue weighted by Crippen LogP contribution is 2.53. The summed E-state index contributed by atoms with van der Waals surface area (Å²) in [7, 11) is -3.48. The van der Waals surface area contributed by atoms with E-state index in [1.165, 1.54) is 0 Å². The summed E-state index contributed by atoms with van der Waals surface area (Å²) in [6, 6.07) is 18.2. The molecule has 2 aromatic rings. The molecule has 3 nitrogen and oxygen atoms in total. The Hall–Kier alpha value is -1.91. The molecule has 0 aliphatic heterocycles. The summed E-state index contributed by atoms with van der Waals surface area (Å²) in [5, 5.41) is 10.6. The molecule has 2 aliphatic rings. The minimum absolute atomic E-state index is 0.119. The Morgan fingerprint density at radius 3 is 2.20 bits per heavy atom. The van der Waals surface area contributed by atoms with E-state index in [9.17, 15) is 13.5 Å². The number of benzene rings is 2. The van der Waals surface area contributed by atoms with Crippen LogP contribution >= 0.6 is 0 Å². The van der Waals surface area contributed by atoms with Gasteiger partial charge in [0.25, 0.3) is 0 Å². The molecule has 4 rings (SSSR count). The smallest absolute Gasteiger partial charge is 0.203 e. The molecule has 2 aliphatic carbocycles. The van der Waals surface area contributed by atoms with Crippen LogP contribution in [-0.4, -0.2) is 13.5 Å². The normalized spacial score (nSPS) is 23.9. The Morgan fingerprint density at radius 2 is 1.52 bits per heavy atom. The second kappa shape index (κ2) is 6.43. The number of allylic oxidation sites excluding steroid dienone is 1. The van der Waals surface area contributed by atoms with Crippen LogP contribution in [0.15, 0.2) is 76.0 Å². The first kappa shape index (κ1) is 16.6. The largest absolute Gasteiger partial charge is 0.388 e. The zero-order valence-electron chi connectivity index (χ0n) is 14.0. The number of aliphatic hydroxyl groups excluding tert-OH is 1. The summed E-state index contributed by atoms with van der Waals surface area (Å²) in [5.41, 5.74) is 1.80. The Kier molecular flexibility index (Phi) is 4.26. The maximum absolute atomic E-state index is 13.2. The third-order valence-corrected chi connectivity index (χ3v) is 7.62. The van der Waals surface area contributed by atoms with Crippen LogP contribution in [0.1, 0.15) is 37.4 Å². The molecular formula is C21H22O3S. The molecule has 1 fully saturated rings. The summed E-state index contributed by atoms with van der Waals surface area (Å²) in [5.74, 6) is 0.421. The van der Waals surface area contributed by atoms with Crippen molar-refractivity contribution in [3.05, 3.63) is 76.7 Å². The van der Waals surface area contributed by atoms with Crippen LogP contribution in [0.25, 0.3) is 0 Å². The van der Waals surface area contributed by atoms with Gasteiger partial charge in [-0.05, 0) is 54.4 Å². The van der Waals surface area contributed by atoms with Crippen molar-refractivity contribution in [3.63, 3.8) is 0 Å². The molecule has 0 aromatic heterocycles. The highest BCUT2D eigenvalue weighted by atomic mass is 32.2. The number of aliphatic hydroxyl groups is 1. The molecule has 25 heavy (non-hydrogen) atoms. The molecule has 1 N–H and O–H groups in total. The predicted octanol–water partition coefficient (Wildman–Crippen LogP) is 4.27.